The number of ether oxygens (including phenoxy) is 2. The van der Waals surface area contributed by atoms with Crippen LogP contribution in [0.1, 0.15) is 27.5 Å². The van der Waals surface area contributed by atoms with E-state index in [1.54, 1.807) is 36.4 Å². The van der Waals surface area contributed by atoms with Crippen LogP contribution in [-0.4, -0.2) is 37.5 Å². The fourth-order valence-electron chi connectivity index (χ4n) is 3.77. The van der Waals surface area contributed by atoms with E-state index in [-0.39, 0.29) is 24.2 Å². The summed E-state index contributed by atoms with van der Waals surface area (Å²) in [6.45, 7) is -0.188. The Morgan fingerprint density at radius 3 is 2.31 bits per heavy atom. The zero-order valence-electron chi connectivity index (χ0n) is 17.4. The molecule has 1 aliphatic heterocycles. The zero-order chi connectivity index (χ0) is 22.8. The fourth-order valence-corrected chi connectivity index (χ4v) is 4.15. The van der Waals surface area contributed by atoms with Gasteiger partial charge in [-0.25, -0.2) is 4.39 Å². The van der Waals surface area contributed by atoms with E-state index >= 15 is 0 Å². The maximum absolute atomic E-state index is 13.7. The van der Waals surface area contributed by atoms with Crippen molar-refractivity contribution in [2.45, 2.75) is 6.04 Å². The SMILES string of the molecule is COc1cc(OC)cc(C(=O)N2CC(=O)Nc3ccc(Br)cc3C2c2ccc(F)cc2)c1. The van der Waals surface area contributed by atoms with Crippen LogP contribution < -0.4 is 14.8 Å². The average Bonchev–Trinajstić information content (AvgIpc) is 2.94. The smallest absolute Gasteiger partial charge is 0.255 e. The number of carbonyl (C=O) groups is 2. The van der Waals surface area contributed by atoms with Crippen molar-refractivity contribution in [3.63, 3.8) is 0 Å². The molecule has 32 heavy (non-hydrogen) atoms. The zero-order valence-corrected chi connectivity index (χ0v) is 19.0. The fraction of sp³-hybridized carbons (Fsp3) is 0.167. The van der Waals surface area contributed by atoms with Crippen LogP contribution >= 0.6 is 15.9 Å². The topological polar surface area (TPSA) is 67.9 Å². The van der Waals surface area contributed by atoms with Gasteiger partial charge in [0, 0.05) is 27.4 Å². The van der Waals surface area contributed by atoms with Crippen LogP contribution in [0.5, 0.6) is 11.5 Å². The second-order valence-corrected chi connectivity index (χ2v) is 8.18. The molecule has 1 N–H and O–H groups in total. The van der Waals surface area contributed by atoms with Gasteiger partial charge < -0.3 is 19.7 Å². The molecular formula is C24H20BrFN2O4. The highest BCUT2D eigenvalue weighted by atomic mass is 79.9. The van der Waals surface area contributed by atoms with E-state index in [9.17, 15) is 14.0 Å². The van der Waals surface area contributed by atoms with Gasteiger partial charge in [0.25, 0.3) is 5.91 Å². The van der Waals surface area contributed by atoms with Crippen molar-refractivity contribution < 1.29 is 23.5 Å². The molecule has 1 aliphatic rings. The van der Waals surface area contributed by atoms with Crippen LogP contribution in [0.15, 0.2) is 65.1 Å². The number of methoxy groups -OCH3 is 2. The Kier molecular flexibility index (Phi) is 6.14. The van der Waals surface area contributed by atoms with E-state index in [1.165, 1.54) is 31.3 Å². The summed E-state index contributed by atoms with van der Waals surface area (Å²) in [6.07, 6.45) is 0. The first-order chi connectivity index (χ1) is 15.4. The maximum Gasteiger partial charge on any atom is 0.255 e. The number of halogens is 2. The molecule has 0 fully saturated rings. The Morgan fingerprint density at radius 2 is 1.69 bits per heavy atom. The van der Waals surface area contributed by atoms with Crippen molar-refractivity contribution in [3.05, 3.63) is 87.6 Å². The van der Waals surface area contributed by atoms with E-state index in [4.69, 9.17) is 9.47 Å². The molecule has 0 bridgehead atoms. The summed E-state index contributed by atoms with van der Waals surface area (Å²) in [5.41, 5.74) is 2.27. The molecule has 2 amide bonds. The number of benzene rings is 3. The summed E-state index contributed by atoms with van der Waals surface area (Å²) in [7, 11) is 3.00. The second kappa shape index (κ2) is 9.00. The molecule has 1 atom stereocenters. The average molecular weight is 499 g/mol. The van der Waals surface area contributed by atoms with Crippen molar-refractivity contribution in [3.8, 4) is 11.5 Å². The van der Waals surface area contributed by atoms with Crippen LogP contribution in [-0.2, 0) is 4.79 Å². The molecule has 4 rings (SSSR count). The lowest BCUT2D eigenvalue weighted by molar-refractivity contribution is -0.117. The molecule has 1 unspecified atom stereocenters. The summed E-state index contributed by atoms with van der Waals surface area (Å²) in [6, 6.07) is 15.6. The molecule has 0 aliphatic carbocycles. The Morgan fingerprint density at radius 1 is 1.03 bits per heavy atom. The predicted molar refractivity (Wildman–Crippen MR) is 122 cm³/mol. The molecule has 164 valence electrons. The highest BCUT2D eigenvalue weighted by Gasteiger charge is 2.34. The molecule has 3 aromatic carbocycles. The third-order valence-electron chi connectivity index (χ3n) is 5.25. The summed E-state index contributed by atoms with van der Waals surface area (Å²) >= 11 is 3.47. The number of rotatable bonds is 4. The van der Waals surface area contributed by atoms with Gasteiger partial charge in [0.15, 0.2) is 0 Å². The number of anilines is 1. The first-order valence-electron chi connectivity index (χ1n) is 9.78. The molecule has 0 spiro atoms. The summed E-state index contributed by atoms with van der Waals surface area (Å²) in [4.78, 5) is 27.9. The lowest BCUT2D eigenvalue weighted by Crippen LogP contribution is -2.39. The molecule has 3 aromatic rings. The summed E-state index contributed by atoms with van der Waals surface area (Å²) < 4.78 is 25.0. The van der Waals surface area contributed by atoms with Gasteiger partial charge >= 0.3 is 0 Å². The number of amides is 2. The van der Waals surface area contributed by atoms with Gasteiger partial charge in [-0.15, -0.1) is 0 Å². The Labute approximate surface area is 193 Å². The molecule has 0 saturated heterocycles. The summed E-state index contributed by atoms with van der Waals surface area (Å²) in [5.74, 6) is -0.204. The second-order valence-electron chi connectivity index (χ2n) is 7.27. The Hall–Kier alpha value is -3.39. The van der Waals surface area contributed by atoms with E-state index < -0.39 is 6.04 Å². The van der Waals surface area contributed by atoms with Gasteiger partial charge in [-0.1, -0.05) is 28.1 Å². The van der Waals surface area contributed by atoms with Crippen LogP contribution in [0.2, 0.25) is 0 Å². The monoisotopic (exact) mass is 498 g/mol. The molecule has 1 heterocycles. The van der Waals surface area contributed by atoms with Gasteiger partial charge in [0.1, 0.15) is 23.9 Å². The third kappa shape index (κ3) is 4.31. The normalized spacial score (nSPS) is 15.4. The number of fused-ring (bicyclic) bond motifs is 1. The molecule has 0 aromatic heterocycles. The Balaban J connectivity index is 1.89. The molecular weight excluding hydrogens is 479 g/mol. The molecule has 0 radical (unpaired) electrons. The van der Waals surface area contributed by atoms with Gasteiger partial charge in [0.05, 0.1) is 20.3 Å². The third-order valence-corrected chi connectivity index (χ3v) is 5.75. The van der Waals surface area contributed by atoms with Crippen LogP contribution in [0, 0.1) is 5.82 Å². The van der Waals surface area contributed by atoms with Crippen molar-refractivity contribution in [2.24, 2.45) is 0 Å². The number of hydrogen-bond donors (Lipinski definition) is 1. The highest BCUT2D eigenvalue weighted by Crippen LogP contribution is 2.38. The van der Waals surface area contributed by atoms with Crippen molar-refractivity contribution >= 4 is 33.4 Å². The van der Waals surface area contributed by atoms with Crippen molar-refractivity contribution in [2.75, 3.05) is 26.1 Å². The maximum atomic E-state index is 13.7. The van der Waals surface area contributed by atoms with Crippen LogP contribution in [0.4, 0.5) is 10.1 Å². The highest BCUT2D eigenvalue weighted by molar-refractivity contribution is 9.10. The van der Waals surface area contributed by atoms with E-state index in [2.05, 4.69) is 21.2 Å². The van der Waals surface area contributed by atoms with Crippen LogP contribution in [0.3, 0.4) is 0 Å². The van der Waals surface area contributed by atoms with Gasteiger partial charge in [-0.05, 0) is 48.0 Å². The van der Waals surface area contributed by atoms with Gasteiger partial charge in [0.2, 0.25) is 5.91 Å². The van der Waals surface area contributed by atoms with Gasteiger partial charge in [-0.3, -0.25) is 9.59 Å². The number of nitrogens with one attached hydrogen (secondary N) is 1. The number of nitrogens with zero attached hydrogens (tertiary/aromatic N) is 1. The molecule has 6 nitrogen and oxygen atoms in total. The summed E-state index contributed by atoms with van der Waals surface area (Å²) in [5, 5.41) is 2.87. The Bertz CT molecular complexity index is 1160. The minimum absolute atomic E-state index is 0.188. The minimum atomic E-state index is -0.633. The van der Waals surface area contributed by atoms with Crippen LogP contribution in [0.25, 0.3) is 0 Å². The van der Waals surface area contributed by atoms with E-state index in [0.717, 1.165) is 4.47 Å². The molecule has 8 heteroatoms. The number of hydrogen-bond acceptors (Lipinski definition) is 4. The minimum Gasteiger partial charge on any atom is -0.497 e. The van der Waals surface area contributed by atoms with E-state index in [0.29, 0.717) is 33.9 Å². The predicted octanol–water partition coefficient (Wildman–Crippen LogP) is 4.79. The van der Waals surface area contributed by atoms with Crippen molar-refractivity contribution in [1.29, 1.82) is 0 Å². The quantitative estimate of drug-likeness (QED) is 0.561. The van der Waals surface area contributed by atoms with E-state index in [1.807, 2.05) is 12.1 Å². The first-order valence-corrected chi connectivity index (χ1v) is 10.6. The lowest BCUT2D eigenvalue weighted by Gasteiger charge is -2.31. The number of carbonyl (C=O) groups excluding carboxylic acids is 2. The molecule has 0 saturated carbocycles. The first kappa shape index (κ1) is 21.8. The standard InChI is InChI=1S/C24H20BrFN2O4/c1-31-18-9-15(10-19(12-18)32-2)24(30)28-13-22(29)27-21-8-5-16(25)11-20(21)23(28)14-3-6-17(26)7-4-14/h3-12,23H,13H2,1-2H3,(H,27,29). The van der Waals surface area contributed by atoms with Crippen molar-refractivity contribution in [1.82, 2.24) is 4.90 Å². The van der Waals surface area contributed by atoms with Gasteiger partial charge in [-0.2, -0.15) is 0 Å². The largest absolute Gasteiger partial charge is 0.497 e. The lowest BCUT2D eigenvalue weighted by atomic mass is 9.95.